The number of rotatable bonds is 3. The Morgan fingerprint density at radius 3 is 2.65 bits per heavy atom. The molecule has 3 atom stereocenters. The van der Waals surface area contributed by atoms with Crippen LogP contribution in [0.4, 0.5) is 0 Å². The zero-order chi connectivity index (χ0) is 14.2. The fourth-order valence-electron chi connectivity index (χ4n) is 4.02. The lowest BCUT2D eigenvalue weighted by Crippen LogP contribution is -2.42. The number of allylic oxidation sites excluding steroid dienone is 1. The van der Waals surface area contributed by atoms with E-state index in [1.54, 1.807) is 10.8 Å². The predicted molar refractivity (Wildman–Crippen MR) is 88.1 cm³/mol. The summed E-state index contributed by atoms with van der Waals surface area (Å²) in [5.41, 5.74) is 1.60. The Balaban J connectivity index is 1.73. The average Bonchev–Trinajstić information content (AvgIpc) is 2.83. The van der Waals surface area contributed by atoms with E-state index in [0.717, 1.165) is 18.4 Å². The standard InChI is InChI=1S/C18H26OSi/c1-14-18-12-15(11-16(18)9-10-19-14)13-20(2,3)17-7-5-4-6-8-17/h4-8,12,14-16H,9-11,13H2,1-3H3/t14-,15-,16+/m1/s1. The Kier molecular flexibility index (Phi) is 3.87. The van der Waals surface area contributed by atoms with Crippen LogP contribution < -0.4 is 5.19 Å². The van der Waals surface area contributed by atoms with Gasteiger partial charge in [0.25, 0.3) is 0 Å². The van der Waals surface area contributed by atoms with Crippen molar-refractivity contribution in [2.75, 3.05) is 6.61 Å². The summed E-state index contributed by atoms with van der Waals surface area (Å²) in [5.74, 6) is 1.59. The lowest BCUT2D eigenvalue weighted by atomic mass is 9.92. The highest BCUT2D eigenvalue weighted by Crippen LogP contribution is 2.41. The molecule has 0 aromatic heterocycles. The molecule has 3 rings (SSSR count). The Morgan fingerprint density at radius 1 is 1.20 bits per heavy atom. The molecule has 0 saturated carbocycles. The van der Waals surface area contributed by atoms with Crippen molar-refractivity contribution in [3.05, 3.63) is 42.0 Å². The third-order valence-corrected chi connectivity index (χ3v) is 8.56. The molecule has 1 aromatic rings. The second-order valence-corrected chi connectivity index (χ2v) is 11.9. The summed E-state index contributed by atoms with van der Waals surface area (Å²) in [6.07, 6.45) is 5.53. The molecule has 0 spiro atoms. The monoisotopic (exact) mass is 286 g/mol. The summed E-state index contributed by atoms with van der Waals surface area (Å²) < 4.78 is 5.80. The van der Waals surface area contributed by atoms with E-state index in [-0.39, 0.29) is 0 Å². The Morgan fingerprint density at radius 2 is 1.95 bits per heavy atom. The normalized spacial score (nSPS) is 29.9. The molecule has 0 amide bonds. The number of hydrogen-bond donors (Lipinski definition) is 0. The highest BCUT2D eigenvalue weighted by molar-refractivity contribution is 6.89. The van der Waals surface area contributed by atoms with Crippen LogP contribution in [0.25, 0.3) is 0 Å². The van der Waals surface area contributed by atoms with Crippen LogP contribution in [0.2, 0.25) is 19.1 Å². The first-order valence-corrected chi connectivity index (χ1v) is 11.2. The molecule has 1 heterocycles. The second kappa shape index (κ2) is 5.49. The van der Waals surface area contributed by atoms with Crippen LogP contribution in [0.3, 0.4) is 0 Å². The van der Waals surface area contributed by atoms with Crippen LogP contribution in [-0.4, -0.2) is 20.8 Å². The molecule has 1 aliphatic heterocycles. The van der Waals surface area contributed by atoms with E-state index in [1.165, 1.54) is 18.9 Å². The third kappa shape index (κ3) is 2.77. The minimum Gasteiger partial charge on any atom is -0.374 e. The Bertz CT molecular complexity index is 491. The van der Waals surface area contributed by atoms with Gasteiger partial charge in [-0.25, -0.2) is 0 Å². The zero-order valence-corrected chi connectivity index (χ0v) is 13.9. The van der Waals surface area contributed by atoms with Crippen molar-refractivity contribution in [2.24, 2.45) is 11.8 Å². The van der Waals surface area contributed by atoms with E-state index in [2.05, 4.69) is 56.4 Å². The van der Waals surface area contributed by atoms with Gasteiger partial charge in [-0.15, -0.1) is 0 Å². The van der Waals surface area contributed by atoms with Crippen molar-refractivity contribution in [1.82, 2.24) is 0 Å². The van der Waals surface area contributed by atoms with Gasteiger partial charge in [0.2, 0.25) is 0 Å². The maximum Gasteiger partial charge on any atom is 0.0812 e. The molecular weight excluding hydrogens is 260 g/mol. The van der Waals surface area contributed by atoms with Crippen molar-refractivity contribution in [2.45, 2.75) is 45.0 Å². The molecule has 2 aliphatic rings. The first-order chi connectivity index (χ1) is 9.56. The largest absolute Gasteiger partial charge is 0.374 e. The summed E-state index contributed by atoms with van der Waals surface area (Å²) >= 11 is 0. The van der Waals surface area contributed by atoms with Gasteiger partial charge in [0.15, 0.2) is 0 Å². The van der Waals surface area contributed by atoms with Crippen LogP contribution in [0.15, 0.2) is 42.0 Å². The van der Waals surface area contributed by atoms with E-state index in [9.17, 15) is 0 Å². The van der Waals surface area contributed by atoms with Gasteiger partial charge in [0, 0.05) is 6.61 Å². The Labute approximate surface area is 124 Å². The minimum absolute atomic E-state index is 0.361. The SMILES string of the molecule is C[C@H]1OCC[C@H]2C[C@@H](C[Si](C)(C)c3ccccc3)C=C21. The molecule has 0 radical (unpaired) electrons. The number of benzene rings is 1. The first-order valence-electron chi connectivity index (χ1n) is 7.95. The smallest absolute Gasteiger partial charge is 0.0812 e. The summed E-state index contributed by atoms with van der Waals surface area (Å²) in [7, 11) is -1.32. The van der Waals surface area contributed by atoms with Crippen molar-refractivity contribution in [3.63, 3.8) is 0 Å². The van der Waals surface area contributed by atoms with Gasteiger partial charge in [-0.1, -0.05) is 54.7 Å². The molecule has 2 heteroatoms. The maximum atomic E-state index is 5.80. The van der Waals surface area contributed by atoms with Gasteiger partial charge >= 0.3 is 0 Å². The molecular formula is C18H26OSi. The van der Waals surface area contributed by atoms with E-state index in [0.29, 0.717) is 6.10 Å². The van der Waals surface area contributed by atoms with Gasteiger partial charge in [-0.3, -0.25) is 0 Å². The van der Waals surface area contributed by atoms with Crippen LogP contribution >= 0.6 is 0 Å². The van der Waals surface area contributed by atoms with E-state index >= 15 is 0 Å². The molecule has 1 aromatic carbocycles. The average molecular weight is 286 g/mol. The first kappa shape index (κ1) is 14.1. The van der Waals surface area contributed by atoms with E-state index in [1.807, 2.05) is 0 Å². The molecule has 0 N–H and O–H groups in total. The lowest BCUT2D eigenvalue weighted by molar-refractivity contribution is 0.0475. The van der Waals surface area contributed by atoms with Gasteiger partial charge in [0.05, 0.1) is 14.2 Å². The predicted octanol–water partition coefficient (Wildman–Crippen LogP) is 3.97. The number of fused-ring (bicyclic) bond motifs is 1. The molecule has 1 aliphatic carbocycles. The summed E-state index contributed by atoms with van der Waals surface area (Å²) in [4.78, 5) is 0. The minimum atomic E-state index is -1.32. The topological polar surface area (TPSA) is 9.23 Å². The van der Waals surface area contributed by atoms with Gasteiger partial charge in [-0.2, -0.15) is 0 Å². The van der Waals surface area contributed by atoms with Crippen LogP contribution in [0.5, 0.6) is 0 Å². The highest BCUT2D eigenvalue weighted by atomic mass is 28.3. The summed E-state index contributed by atoms with van der Waals surface area (Å²) in [5, 5.41) is 1.59. The van der Waals surface area contributed by atoms with Gasteiger partial charge in [-0.05, 0) is 43.2 Å². The van der Waals surface area contributed by atoms with Crippen LogP contribution in [0, 0.1) is 11.8 Å². The lowest BCUT2D eigenvalue weighted by Gasteiger charge is -2.28. The molecule has 1 nitrogen and oxygen atoms in total. The number of hydrogen-bond acceptors (Lipinski definition) is 1. The Hall–Kier alpha value is -0.863. The molecule has 1 fully saturated rings. The molecule has 0 unspecified atom stereocenters. The van der Waals surface area contributed by atoms with E-state index in [4.69, 9.17) is 4.74 Å². The highest BCUT2D eigenvalue weighted by Gasteiger charge is 2.36. The van der Waals surface area contributed by atoms with E-state index < -0.39 is 8.07 Å². The van der Waals surface area contributed by atoms with Crippen LogP contribution in [0.1, 0.15) is 19.8 Å². The molecule has 108 valence electrons. The second-order valence-electron chi connectivity index (χ2n) is 7.12. The molecule has 1 saturated heterocycles. The maximum absolute atomic E-state index is 5.80. The summed E-state index contributed by atoms with van der Waals surface area (Å²) in [6, 6.07) is 12.5. The molecule has 0 bridgehead atoms. The van der Waals surface area contributed by atoms with Crippen molar-refractivity contribution in [3.8, 4) is 0 Å². The number of ether oxygens (including phenoxy) is 1. The van der Waals surface area contributed by atoms with Gasteiger partial charge < -0.3 is 4.74 Å². The quantitative estimate of drug-likeness (QED) is 0.603. The van der Waals surface area contributed by atoms with Crippen LogP contribution in [-0.2, 0) is 4.74 Å². The van der Waals surface area contributed by atoms with Gasteiger partial charge in [0.1, 0.15) is 0 Å². The van der Waals surface area contributed by atoms with Crippen molar-refractivity contribution >= 4 is 13.3 Å². The van der Waals surface area contributed by atoms with Crippen molar-refractivity contribution in [1.29, 1.82) is 0 Å². The van der Waals surface area contributed by atoms with Crippen molar-refractivity contribution < 1.29 is 4.74 Å². The fraction of sp³-hybridized carbons (Fsp3) is 0.556. The third-order valence-electron chi connectivity index (χ3n) is 5.12. The fourth-order valence-corrected chi connectivity index (χ4v) is 6.94. The molecule has 20 heavy (non-hydrogen) atoms. The zero-order valence-electron chi connectivity index (χ0n) is 12.9. The summed E-state index contributed by atoms with van der Waals surface area (Å²) in [6.45, 7) is 8.21.